The third kappa shape index (κ3) is 3.95. The van der Waals surface area contributed by atoms with Crippen LogP contribution in [0.3, 0.4) is 0 Å². The van der Waals surface area contributed by atoms with Crippen LogP contribution in [-0.4, -0.2) is 35.5 Å². The van der Waals surface area contributed by atoms with Crippen LogP contribution < -0.4 is 5.32 Å². The summed E-state index contributed by atoms with van der Waals surface area (Å²) in [5.74, 6) is 1.03. The Kier molecular flexibility index (Phi) is 5.02. The molecule has 2 rings (SSSR count). The van der Waals surface area contributed by atoms with Crippen LogP contribution in [-0.2, 0) is 13.0 Å². The van der Waals surface area contributed by atoms with Gasteiger partial charge in [-0.3, -0.25) is 0 Å². The van der Waals surface area contributed by atoms with Gasteiger partial charge in [0.05, 0.1) is 6.54 Å². The Morgan fingerprint density at radius 3 is 2.85 bits per heavy atom. The molecule has 1 fully saturated rings. The van der Waals surface area contributed by atoms with Gasteiger partial charge in [-0.15, -0.1) is 11.3 Å². The quantitative estimate of drug-likeness (QED) is 0.685. The largest absolute Gasteiger partial charge is 0.357 e. The molecule has 1 aromatic heterocycles. The summed E-state index contributed by atoms with van der Waals surface area (Å²) in [6.07, 6.45) is 4.26. The van der Waals surface area contributed by atoms with E-state index in [1.165, 1.54) is 11.3 Å². The third-order valence-corrected chi connectivity index (χ3v) is 4.75. The molecule has 1 saturated heterocycles. The van der Waals surface area contributed by atoms with Gasteiger partial charge in [0.15, 0.2) is 5.96 Å². The van der Waals surface area contributed by atoms with E-state index in [0.717, 1.165) is 37.0 Å². The van der Waals surface area contributed by atoms with Gasteiger partial charge < -0.3 is 10.2 Å². The summed E-state index contributed by atoms with van der Waals surface area (Å²) in [6.45, 7) is 12.7. The average molecular weight is 294 g/mol. The standard InChI is InChI=1S/C15H26N4S/c1-5-12-9-17-13(20-12)10-18-14(16-6-2)19-8-7-15(3,4)11-19/h9H,5-8,10-11H2,1-4H3,(H,16,18). The van der Waals surface area contributed by atoms with E-state index in [-0.39, 0.29) is 0 Å². The summed E-state index contributed by atoms with van der Waals surface area (Å²) < 4.78 is 0. The van der Waals surface area contributed by atoms with Crippen molar-refractivity contribution in [1.29, 1.82) is 0 Å². The first-order chi connectivity index (χ1) is 9.54. The molecule has 0 bridgehead atoms. The maximum atomic E-state index is 4.76. The topological polar surface area (TPSA) is 40.5 Å². The number of hydrogen-bond donors (Lipinski definition) is 1. The maximum absolute atomic E-state index is 4.76. The molecule has 0 unspecified atom stereocenters. The lowest BCUT2D eigenvalue weighted by Gasteiger charge is -2.23. The van der Waals surface area contributed by atoms with E-state index in [1.54, 1.807) is 11.3 Å². The number of nitrogens with zero attached hydrogens (tertiary/aromatic N) is 3. The van der Waals surface area contributed by atoms with Crippen LogP contribution in [0.1, 0.15) is 44.0 Å². The first-order valence-electron chi connectivity index (χ1n) is 7.51. The number of hydrogen-bond acceptors (Lipinski definition) is 3. The van der Waals surface area contributed by atoms with E-state index in [4.69, 9.17) is 4.99 Å². The highest BCUT2D eigenvalue weighted by Crippen LogP contribution is 2.28. The number of thiazole rings is 1. The van der Waals surface area contributed by atoms with Crippen molar-refractivity contribution in [1.82, 2.24) is 15.2 Å². The second-order valence-electron chi connectivity index (χ2n) is 6.08. The van der Waals surface area contributed by atoms with Crippen LogP contribution in [0.5, 0.6) is 0 Å². The molecule has 1 N–H and O–H groups in total. The zero-order chi connectivity index (χ0) is 14.6. The van der Waals surface area contributed by atoms with Crippen LogP contribution in [0.25, 0.3) is 0 Å². The van der Waals surface area contributed by atoms with Crippen molar-refractivity contribution < 1.29 is 0 Å². The molecule has 1 aliphatic heterocycles. The molecule has 112 valence electrons. The molecule has 0 aliphatic carbocycles. The van der Waals surface area contributed by atoms with Crippen LogP contribution in [0.2, 0.25) is 0 Å². The molecule has 4 nitrogen and oxygen atoms in total. The molecule has 1 aliphatic rings. The second kappa shape index (κ2) is 6.57. The van der Waals surface area contributed by atoms with Crippen molar-refractivity contribution in [2.45, 2.75) is 47.1 Å². The lowest BCUT2D eigenvalue weighted by Crippen LogP contribution is -2.40. The Hall–Kier alpha value is -1.10. The normalized spacial score (nSPS) is 18.6. The molecule has 2 heterocycles. The molecule has 20 heavy (non-hydrogen) atoms. The summed E-state index contributed by atoms with van der Waals surface area (Å²) in [6, 6.07) is 0. The summed E-state index contributed by atoms with van der Waals surface area (Å²) in [5.41, 5.74) is 0.396. The zero-order valence-corrected chi connectivity index (χ0v) is 13.9. The summed E-state index contributed by atoms with van der Waals surface area (Å²) in [7, 11) is 0. The molecule has 0 radical (unpaired) electrons. The minimum atomic E-state index is 0.396. The minimum Gasteiger partial charge on any atom is -0.357 e. The van der Waals surface area contributed by atoms with Gasteiger partial charge in [-0.1, -0.05) is 20.8 Å². The summed E-state index contributed by atoms with van der Waals surface area (Å²) in [5, 5.41) is 4.51. The van der Waals surface area contributed by atoms with Crippen molar-refractivity contribution in [2.24, 2.45) is 10.4 Å². The van der Waals surface area contributed by atoms with Crippen molar-refractivity contribution >= 4 is 17.3 Å². The Morgan fingerprint density at radius 1 is 1.50 bits per heavy atom. The number of aryl methyl sites for hydroxylation is 1. The monoisotopic (exact) mass is 294 g/mol. The summed E-state index contributed by atoms with van der Waals surface area (Å²) in [4.78, 5) is 12.9. The molecular weight excluding hydrogens is 268 g/mol. The smallest absolute Gasteiger partial charge is 0.194 e. The number of rotatable bonds is 4. The highest BCUT2D eigenvalue weighted by atomic mass is 32.1. The lowest BCUT2D eigenvalue weighted by atomic mass is 9.93. The van der Waals surface area contributed by atoms with E-state index < -0.39 is 0 Å². The van der Waals surface area contributed by atoms with Crippen molar-refractivity contribution in [3.05, 3.63) is 16.1 Å². The van der Waals surface area contributed by atoms with Crippen molar-refractivity contribution in [2.75, 3.05) is 19.6 Å². The Bertz CT molecular complexity index is 464. The Balaban J connectivity index is 2.02. The molecule has 0 atom stereocenters. The highest BCUT2D eigenvalue weighted by molar-refractivity contribution is 7.11. The maximum Gasteiger partial charge on any atom is 0.194 e. The fraction of sp³-hybridized carbons (Fsp3) is 0.733. The molecule has 0 amide bonds. The van der Waals surface area contributed by atoms with Crippen molar-refractivity contribution in [3.8, 4) is 0 Å². The van der Waals surface area contributed by atoms with Crippen molar-refractivity contribution in [3.63, 3.8) is 0 Å². The van der Waals surface area contributed by atoms with Gasteiger partial charge in [0.2, 0.25) is 0 Å². The fourth-order valence-corrected chi connectivity index (χ4v) is 3.23. The van der Waals surface area contributed by atoms with Crippen LogP contribution in [0, 0.1) is 5.41 Å². The first kappa shape index (κ1) is 15.3. The number of nitrogens with one attached hydrogen (secondary N) is 1. The van der Waals surface area contributed by atoms with E-state index in [9.17, 15) is 0 Å². The number of guanidine groups is 1. The molecular formula is C15H26N4S. The summed E-state index contributed by atoms with van der Waals surface area (Å²) >= 11 is 1.77. The molecule has 0 spiro atoms. The van der Waals surface area contributed by atoms with Crippen LogP contribution in [0.4, 0.5) is 0 Å². The Labute approximate surface area is 126 Å². The van der Waals surface area contributed by atoms with Gasteiger partial charge >= 0.3 is 0 Å². The second-order valence-corrected chi connectivity index (χ2v) is 7.28. The van der Waals surface area contributed by atoms with E-state index in [1.807, 2.05) is 6.20 Å². The third-order valence-electron chi connectivity index (χ3n) is 3.63. The van der Waals surface area contributed by atoms with E-state index in [0.29, 0.717) is 12.0 Å². The predicted octanol–water partition coefficient (Wildman–Crippen LogP) is 2.90. The SMILES string of the molecule is CCNC(=NCc1ncc(CC)s1)N1CCC(C)(C)C1. The van der Waals surface area contributed by atoms with Gasteiger partial charge in [0.25, 0.3) is 0 Å². The number of aromatic nitrogens is 1. The van der Waals surface area contributed by atoms with E-state index in [2.05, 4.69) is 42.9 Å². The van der Waals surface area contributed by atoms with E-state index >= 15 is 0 Å². The molecule has 0 aromatic carbocycles. The van der Waals surface area contributed by atoms with Gasteiger partial charge in [-0.05, 0) is 25.2 Å². The Morgan fingerprint density at radius 2 is 2.30 bits per heavy atom. The number of likely N-dealkylation sites (tertiary alicyclic amines) is 1. The number of aliphatic imine (C=N–C) groups is 1. The lowest BCUT2D eigenvalue weighted by molar-refractivity contribution is 0.370. The predicted molar refractivity (Wildman–Crippen MR) is 86.3 cm³/mol. The molecule has 1 aromatic rings. The highest BCUT2D eigenvalue weighted by Gasteiger charge is 2.30. The molecule has 0 saturated carbocycles. The van der Waals surface area contributed by atoms with Crippen LogP contribution in [0.15, 0.2) is 11.2 Å². The zero-order valence-electron chi connectivity index (χ0n) is 13.1. The van der Waals surface area contributed by atoms with Crippen LogP contribution >= 0.6 is 11.3 Å². The molecule has 5 heteroatoms. The first-order valence-corrected chi connectivity index (χ1v) is 8.32. The average Bonchev–Trinajstić information content (AvgIpc) is 3.00. The van der Waals surface area contributed by atoms with Gasteiger partial charge in [0.1, 0.15) is 5.01 Å². The van der Waals surface area contributed by atoms with Gasteiger partial charge in [0, 0.05) is 30.7 Å². The van der Waals surface area contributed by atoms with Gasteiger partial charge in [-0.2, -0.15) is 0 Å². The minimum absolute atomic E-state index is 0.396. The van der Waals surface area contributed by atoms with Gasteiger partial charge in [-0.25, -0.2) is 9.98 Å². The fourth-order valence-electron chi connectivity index (χ4n) is 2.45.